The van der Waals surface area contributed by atoms with E-state index in [0.29, 0.717) is 16.5 Å². The van der Waals surface area contributed by atoms with Crippen molar-refractivity contribution in [3.8, 4) is 0 Å². The summed E-state index contributed by atoms with van der Waals surface area (Å²) in [7, 11) is -3.31. The van der Waals surface area contributed by atoms with E-state index in [2.05, 4.69) is 0 Å². The first kappa shape index (κ1) is 19.3. The molecule has 1 aliphatic rings. The van der Waals surface area contributed by atoms with Gasteiger partial charge in [-0.15, -0.1) is 0 Å². The number of hydrogen-bond acceptors (Lipinski definition) is 5. The molecule has 10 heteroatoms. The molecule has 1 fully saturated rings. The summed E-state index contributed by atoms with van der Waals surface area (Å²) in [4.78, 5) is 24.9. The summed E-state index contributed by atoms with van der Waals surface area (Å²) in [5.41, 5.74) is 1.16. The quantitative estimate of drug-likeness (QED) is 0.728. The van der Waals surface area contributed by atoms with E-state index in [1.807, 2.05) is 0 Å². The lowest BCUT2D eigenvalue weighted by atomic mass is 10.0. The van der Waals surface area contributed by atoms with E-state index in [0.717, 1.165) is 6.26 Å². The van der Waals surface area contributed by atoms with Gasteiger partial charge in [0.2, 0.25) is 10.0 Å². The van der Waals surface area contributed by atoms with Crippen molar-refractivity contribution in [1.82, 2.24) is 13.8 Å². The van der Waals surface area contributed by atoms with E-state index in [1.165, 1.54) is 8.87 Å². The summed E-state index contributed by atoms with van der Waals surface area (Å²) in [5, 5.41) is 19.7. The number of sulfonamides is 1. The summed E-state index contributed by atoms with van der Waals surface area (Å²) >= 11 is 0. The summed E-state index contributed by atoms with van der Waals surface area (Å²) < 4.78 is 26.2. The lowest BCUT2D eigenvalue weighted by Gasteiger charge is -2.36. The van der Waals surface area contributed by atoms with Crippen LogP contribution in [0.5, 0.6) is 0 Å². The molecule has 2 heterocycles. The number of aliphatic carboxylic acids is 2. The molecule has 0 bridgehead atoms. The maximum Gasteiger partial charge on any atom is 0.325 e. The van der Waals surface area contributed by atoms with Crippen molar-refractivity contribution >= 4 is 32.9 Å². The number of para-hydroxylation sites is 1. The second-order valence-corrected chi connectivity index (χ2v) is 8.54. The van der Waals surface area contributed by atoms with Gasteiger partial charge in [0.1, 0.15) is 12.6 Å². The van der Waals surface area contributed by atoms with Gasteiger partial charge in [-0.3, -0.25) is 14.5 Å². The van der Waals surface area contributed by atoms with Gasteiger partial charge in [-0.2, -0.15) is 4.31 Å². The standard InChI is InChI=1S/C17H21N3O6S/c1-27(25,26)20-8-6-18(7-9-20)16(17(23)24)13-10-19(11-15(21)22)14-5-3-2-4-12(13)14/h2-5,10,16H,6-9,11H2,1H3,(H,21,22)(H,23,24)/t16-/m1/s1. The van der Waals surface area contributed by atoms with E-state index in [-0.39, 0.29) is 32.7 Å². The van der Waals surface area contributed by atoms with E-state index >= 15 is 0 Å². The van der Waals surface area contributed by atoms with Crippen LogP contribution in [0.15, 0.2) is 30.5 Å². The normalized spacial score (nSPS) is 17.8. The Balaban J connectivity index is 1.97. The Kier molecular flexibility index (Phi) is 5.22. The highest BCUT2D eigenvalue weighted by Crippen LogP contribution is 2.31. The monoisotopic (exact) mass is 395 g/mol. The maximum atomic E-state index is 12.1. The van der Waals surface area contributed by atoms with Crippen molar-refractivity contribution in [3.63, 3.8) is 0 Å². The molecule has 146 valence electrons. The number of carboxylic acids is 2. The summed E-state index contributed by atoms with van der Waals surface area (Å²) in [5.74, 6) is -2.07. The first-order chi connectivity index (χ1) is 12.7. The third-order valence-electron chi connectivity index (χ3n) is 4.76. The first-order valence-corrected chi connectivity index (χ1v) is 10.2. The predicted octanol–water partition coefficient (Wildman–Crippen LogP) is 0.429. The smallest absolute Gasteiger partial charge is 0.325 e. The molecule has 0 spiro atoms. The molecule has 2 N–H and O–H groups in total. The van der Waals surface area contributed by atoms with Crippen molar-refractivity contribution in [2.45, 2.75) is 12.6 Å². The Morgan fingerprint density at radius 3 is 2.30 bits per heavy atom. The van der Waals surface area contributed by atoms with Crippen LogP contribution in [0.4, 0.5) is 0 Å². The molecule has 9 nitrogen and oxygen atoms in total. The predicted molar refractivity (Wildman–Crippen MR) is 97.9 cm³/mol. The number of hydrogen-bond donors (Lipinski definition) is 2. The van der Waals surface area contributed by atoms with Crippen LogP contribution >= 0.6 is 0 Å². The highest BCUT2D eigenvalue weighted by Gasteiger charge is 2.34. The van der Waals surface area contributed by atoms with Gasteiger partial charge in [0.05, 0.1) is 6.26 Å². The van der Waals surface area contributed by atoms with Crippen LogP contribution in [0.3, 0.4) is 0 Å². The van der Waals surface area contributed by atoms with E-state index in [4.69, 9.17) is 5.11 Å². The molecule has 1 atom stereocenters. The van der Waals surface area contributed by atoms with Gasteiger partial charge in [0, 0.05) is 48.8 Å². The lowest BCUT2D eigenvalue weighted by Crippen LogP contribution is -2.50. The molecule has 1 aliphatic heterocycles. The molecule has 1 aromatic heterocycles. The van der Waals surface area contributed by atoms with Crippen LogP contribution in [0.25, 0.3) is 10.9 Å². The fourth-order valence-electron chi connectivity index (χ4n) is 3.55. The minimum Gasteiger partial charge on any atom is -0.480 e. The largest absolute Gasteiger partial charge is 0.480 e. The minimum atomic E-state index is -3.31. The highest BCUT2D eigenvalue weighted by molar-refractivity contribution is 7.88. The van der Waals surface area contributed by atoms with E-state index in [9.17, 15) is 23.1 Å². The topological polar surface area (TPSA) is 120 Å². The molecule has 0 radical (unpaired) electrons. The molecule has 1 saturated heterocycles. The van der Waals surface area contributed by atoms with Gasteiger partial charge < -0.3 is 14.8 Å². The Morgan fingerprint density at radius 1 is 1.11 bits per heavy atom. The average molecular weight is 395 g/mol. The zero-order valence-corrected chi connectivity index (χ0v) is 15.6. The number of nitrogens with zero attached hydrogens (tertiary/aromatic N) is 3. The van der Waals surface area contributed by atoms with Gasteiger partial charge in [-0.25, -0.2) is 8.42 Å². The molecule has 0 amide bonds. The zero-order valence-electron chi connectivity index (χ0n) is 14.8. The number of aromatic nitrogens is 1. The number of carbonyl (C=O) groups is 2. The van der Waals surface area contributed by atoms with Crippen LogP contribution in [0.1, 0.15) is 11.6 Å². The molecule has 0 saturated carbocycles. The molecule has 0 aliphatic carbocycles. The third-order valence-corrected chi connectivity index (χ3v) is 6.06. The van der Waals surface area contributed by atoms with Gasteiger partial charge >= 0.3 is 11.9 Å². The number of fused-ring (bicyclic) bond motifs is 1. The zero-order chi connectivity index (χ0) is 19.8. The van der Waals surface area contributed by atoms with Crippen molar-refractivity contribution in [2.75, 3.05) is 32.4 Å². The third kappa shape index (κ3) is 3.97. The molecular formula is C17H21N3O6S. The molecular weight excluding hydrogens is 374 g/mol. The number of piperazine rings is 1. The second kappa shape index (κ2) is 7.29. The SMILES string of the molecule is CS(=O)(=O)N1CCN([C@@H](C(=O)O)c2cn(CC(=O)O)c3ccccc23)CC1. The fraction of sp³-hybridized carbons (Fsp3) is 0.412. The number of carboxylic acid groups (broad SMARTS) is 2. The molecule has 0 unspecified atom stereocenters. The number of benzene rings is 1. The van der Waals surface area contributed by atoms with Crippen molar-refractivity contribution in [3.05, 3.63) is 36.0 Å². The maximum absolute atomic E-state index is 12.1. The van der Waals surface area contributed by atoms with Crippen LogP contribution < -0.4 is 0 Å². The van der Waals surface area contributed by atoms with Crippen molar-refractivity contribution in [2.24, 2.45) is 0 Å². The van der Waals surface area contributed by atoms with Gasteiger partial charge in [0.25, 0.3) is 0 Å². The van der Waals surface area contributed by atoms with Gasteiger partial charge in [-0.05, 0) is 6.07 Å². The second-order valence-electron chi connectivity index (χ2n) is 6.56. The Bertz CT molecular complexity index is 976. The van der Waals surface area contributed by atoms with Crippen LogP contribution in [-0.2, 0) is 26.2 Å². The summed E-state index contributed by atoms with van der Waals surface area (Å²) in [6.45, 7) is 0.729. The summed E-state index contributed by atoms with van der Waals surface area (Å²) in [6.07, 6.45) is 2.71. The molecule has 27 heavy (non-hydrogen) atoms. The van der Waals surface area contributed by atoms with Crippen molar-refractivity contribution < 1.29 is 28.2 Å². The Morgan fingerprint density at radius 2 is 1.74 bits per heavy atom. The molecule has 1 aromatic carbocycles. The molecule has 2 aromatic rings. The van der Waals surface area contributed by atoms with Crippen LogP contribution in [0, 0.1) is 0 Å². The average Bonchev–Trinajstić information content (AvgIpc) is 2.92. The molecule has 3 rings (SSSR count). The Labute approximate surface area is 156 Å². The van der Waals surface area contributed by atoms with Crippen molar-refractivity contribution in [1.29, 1.82) is 0 Å². The van der Waals surface area contributed by atoms with E-state index < -0.39 is 28.0 Å². The lowest BCUT2D eigenvalue weighted by molar-refractivity contribution is -0.144. The first-order valence-electron chi connectivity index (χ1n) is 8.40. The van der Waals surface area contributed by atoms with Crippen LogP contribution in [0.2, 0.25) is 0 Å². The number of rotatable bonds is 6. The van der Waals surface area contributed by atoms with Gasteiger partial charge in [-0.1, -0.05) is 18.2 Å². The van der Waals surface area contributed by atoms with Crippen LogP contribution in [-0.4, -0.2) is 76.8 Å². The Hall–Kier alpha value is -2.43. The highest BCUT2D eigenvalue weighted by atomic mass is 32.2. The summed E-state index contributed by atoms with van der Waals surface area (Å²) in [6, 6.07) is 6.09. The fourth-order valence-corrected chi connectivity index (χ4v) is 4.38. The minimum absolute atomic E-state index is 0.219. The van der Waals surface area contributed by atoms with E-state index in [1.54, 1.807) is 35.4 Å². The van der Waals surface area contributed by atoms with Gasteiger partial charge in [0.15, 0.2) is 0 Å².